The number of alkyl halides is 3. The third-order valence-corrected chi connectivity index (χ3v) is 2.94. The molecule has 0 aliphatic rings. The number of aliphatic hydroxyl groups is 1. The van der Waals surface area contributed by atoms with E-state index in [2.05, 4.69) is 21.2 Å². The van der Waals surface area contributed by atoms with Gasteiger partial charge in [-0.1, -0.05) is 6.92 Å². The third kappa shape index (κ3) is 4.20. The molecule has 1 aromatic carbocycles. The Kier molecular flexibility index (Phi) is 4.82. The number of nitrogens with one attached hydrogen (secondary N) is 1. The third-order valence-electron chi connectivity index (χ3n) is 2.25. The summed E-state index contributed by atoms with van der Waals surface area (Å²) in [5.41, 5.74) is -0.319. The van der Waals surface area contributed by atoms with Crippen molar-refractivity contribution in [1.82, 2.24) is 0 Å². The number of hydrogen-bond donors (Lipinski definition) is 2. The summed E-state index contributed by atoms with van der Waals surface area (Å²) >= 11 is 3.18. The lowest BCUT2D eigenvalue weighted by Crippen LogP contribution is -2.15. The molecule has 0 aliphatic heterocycles. The Morgan fingerprint density at radius 3 is 2.59 bits per heavy atom. The molecule has 0 fully saturated rings. The molecule has 0 aliphatic carbocycles. The average Bonchev–Trinajstić information content (AvgIpc) is 2.26. The van der Waals surface area contributed by atoms with Gasteiger partial charge in [-0.3, -0.25) is 0 Å². The van der Waals surface area contributed by atoms with Crippen molar-refractivity contribution in [3.63, 3.8) is 0 Å². The topological polar surface area (TPSA) is 32.3 Å². The van der Waals surface area contributed by atoms with Crippen molar-refractivity contribution in [3.8, 4) is 0 Å². The largest absolute Gasteiger partial charge is 0.416 e. The number of hydrogen-bond acceptors (Lipinski definition) is 2. The van der Waals surface area contributed by atoms with Crippen LogP contribution in [0, 0.1) is 5.92 Å². The zero-order valence-corrected chi connectivity index (χ0v) is 10.8. The zero-order valence-electron chi connectivity index (χ0n) is 9.18. The van der Waals surface area contributed by atoms with E-state index in [1.165, 1.54) is 6.07 Å². The predicted molar refractivity (Wildman–Crippen MR) is 63.9 cm³/mol. The van der Waals surface area contributed by atoms with Gasteiger partial charge in [-0.25, -0.2) is 0 Å². The quantitative estimate of drug-likeness (QED) is 0.892. The van der Waals surface area contributed by atoms with Crippen LogP contribution in [0.5, 0.6) is 0 Å². The smallest absolute Gasteiger partial charge is 0.396 e. The lowest BCUT2D eigenvalue weighted by molar-refractivity contribution is -0.137. The summed E-state index contributed by atoms with van der Waals surface area (Å²) in [6.07, 6.45) is -4.35. The molecular weight excluding hydrogens is 299 g/mol. The molecule has 0 bridgehead atoms. The van der Waals surface area contributed by atoms with Crippen molar-refractivity contribution in [3.05, 3.63) is 28.2 Å². The van der Waals surface area contributed by atoms with Crippen LogP contribution in [0.4, 0.5) is 18.9 Å². The molecule has 17 heavy (non-hydrogen) atoms. The van der Waals surface area contributed by atoms with Crippen LogP contribution < -0.4 is 5.32 Å². The molecule has 0 amide bonds. The Labute approximate surface area is 106 Å². The average molecular weight is 312 g/mol. The van der Waals surface area contributed by atoms with E-state index in [4.69, 9.17) is 5.11 Å². The molecule has 1 atom stereocenters. The molecular formula is C11H13BrF3NO. The Morgan fingerprint density at radius 2 is 2.06 bits per heavy atom. The van der Waals surface area contributed by atoms with Crippen molar-refractivity contribution in [2.45, 2.75) is 13.1 Å². The molecule has 6 heteroatoms. The lowest BCUT2D eigenvalue weighted by atomic mass is 10.1. The Balaban J connectivity index is 2.84. The summed E-state index contributed by atoms with van der Waals surface area (Å²) in [5.74, 6) is -0.0172. The number of aliphatic hydroxyl groups excluding tert-OH is 1. The molecule has 1 aromatic rings. The molecule has 2 N–H and O–H groups in total. The first kappa shape index (κ1) is 14.3. The van der Waals surface area contributed by atoms with E-state index in [0.29, 0.717) is 16.7 Å². The number of rotatable bonds is 4. The van der Waals surface area contributed by atoms with Crippen LogP contribution in [0.15, 0.2) is 22.7 Å². The van der Waals surface area contributed by atoms with Crippen molar-refractivity contribution < 1.29 is 18.3 Å². The fourth-order valence-electron chi connectivity index (χ4n) is 1.19. The maximum atomic E-state index is 12.5. The van der Waals surface area contributed by atoms with Crippen LogP contribution >= 0.6 is 15.9 Å². The highest BCUT2D eigenvalue weighted by atomic mass is 79.9. The van der Waals surface area contributed by atoms with Crippen LogP contribution in [0.2, 0.25) is 0 Å². The fourth-order valence-corrected chi connectivity index (χ4v) is 1.57. The van der Waals surface area contributed by atoms with Gasteiger partial charge in [-0.15, -0.1) is 0 Å². The zero-order chi connectivity index (χ0) is 13.1. The molecule has 1 unspecified atom stereocenters. The highest BCUT2D eigenvalue weighted by Crippen LogP contribution is 2.33. The maximum Gasteiger partial charge on any atom is 0.416 e. The van der Waals surface area contributed by atoms with E-state index in [1.807, 2.05) is 0 Å². The Hall–Kier alpha value is -0.750. The summed E-state index contributed by atoms with van der Waals surface area (Å²) in [6.45, 7) is 2.20. The van der Waals surface area contributed by atoms with E-state index in [0.717, 1.165) is 12.1 Å². The minimum absolute atomic E-state index is 0.0103. The number of halogens is 4. The van der Waals surface area contributed by atoms with E-state index < -0.39 is 11.7 Å². The van der Waals surface area contributed by atoms with Crippen LogP contribution in [0.25, 0.3) is 0 Å². The van der Waals surface area contributed by atoms with Gasteiger partial charge < -0.3 is 10.4 Å². The van der Waals surface area contributed by atoms with Gasteiger partial charge in [0.25, 0.3) is 0 Å². The van der Waals surface area contributed by atoms with Crippen LogP contribution in [-0.4, -0.2) is 18.3 Å². The first-order valence-corrected chi connectivity index (χ1v) is 5.85. The van der Waals surface area contributed by atoms with E-state index in [1.54, 1.807) is 6.92 Å². The summed E-state index contributed by atoms with van der Waals surface area (Å²) in [4.78, 5) is 0. The highest BCUT2D eigenvalue weighted by Gasteiger charge is 2.30. The van der Waals surface area contributed by atoms with E-state index in [-0.39, 0.29) is 12.5 Å². The van der Waals surface area contributed by atoms with Gasteiger partial charge in [0.15, 0.2) is 0 Å². The molecule has 0 saturated heterocycles. The van der Waals surface area contributed by atoms with Gasteiger partial charge >= 0.3 is 6.18 Å². The molecule has 0 heterocycles. The van der Waals surface area contributed by atoms with Gasteiger partial charge in [-0.2, -0.15) is 13.2 Å². The molecule has 0 spiro atoms. The molecule has 1 rings (SSSR count). The van der Waals surface area contributed by atoms with Crippen LogP contribution in [-0.2, 0) is 6.18 Å². The predicted octanol–water partition coefficient (Wildman–Crippen LogP) is 3.51. The SMILES string of the molecule is CC(CO)CNc1cc(C(F)(F)F)ccc1Br. The van der Waals surface area contributed by atoms with Gasteiger partial charge in [-0.05, 0) is 40.0 Å². The van der Waals surface area contributed by atoms with E-state index >= 15 is 0 Å². The van der Waals surface area contributed by atoms with Crippen LogP contribution in [0.1, 0.15) is 12.5 Å². The van der Waals surface area contributed by atoms with E-state index in [9.17, 15) is 13.2 Å². The van der Waals surface area contributed by atoms with Crippen molar-refractivity contribution in [2.24, 2.45) is 5.92 Å². The first-order chi connectivity index (χ1) is 7.84. The summed E-state index contributed by atoms with van der Waals surface area (Å²) in [7, 11) is 0. The normalized spacial score (nSPS) is 13.5. The monoisotopic (exact) mass is 311 g/mol. The van der Waals surface area contributed by atoms with Gasteiger partial charge in [0.1, 0.15) is 0 Å². The number of anilines is 1. The lowest BCUT2D eigenvalue weighted by Gasteiger charge is -2.14. The molecule has 0 radical (unpaired) electrons. The van der Waals surface area contributed by atoms with Gasteiger partial charge in [0.2, 0.25) is 0 Å². The molecule has 0 saturated carbocycles. The van der Waals surface area contributed by atoms with Gasteiger partial charge in [0, 0.05) is 23.3 Å². The minimum atomic E-state index is -4.35. The second kappa shape index (κ2) is 5.73. The second-order valence-corrected chi connectivity index (χ2v) is 4.72. The van der Waals surface area contributed by atoms with Gasteiger partial charge in [0.05, 0.1) is 5.56 Å². The van der Waals surface area contributed by atoms with Crippen molar-refractivity contribution >= 4 is 21.6 Å². The maximum absolute atomic E-state index is 12.5. The second-order valence-electron chi connectivity index (χ2n) is 3.86. The summed E-state index contributed by atoms with van der Waals surface area (Å²) in [5, 5.41) is 11.7. The minimum Gasteiger partial charge on any atom is -0.396 e. The van der Waals surface area contributed by atoms with Crippen LogP contribution in [0.3, 0.4) is 0 Å². The summed E-state index contributed by atoms with van der Waals surface area (Å²) < 4.78 is 38.0. The molecule has 96 valence electrons. The summed E-state index contributed by atoms with van der Waals surface area (Å²) in [6, 6.07) is 3.42. The standard InChI is InChI=1S/C11H13BrF3NO/c1-7(6-17)5-16-10-4-8(11(13,14)15)2-3-9(10)12/h2-4,7,16-17H,5-6H2,1H3. The molecule has 2 nitrogen and oxygen atoms in total. The molecule has 0 aromatic heterocycles. The number of benzene rings is 1. The fraction of sp³-hybridized carbons (Fsp3) is 0.455. The highest BCUT2D eigenvalue weighted by molar-refractivity contribution is 9.10. The van der Waals surface area contributed by atoms with Crippen molar-refractivity contribution in [2.75, 3.05) is 18.5 Å². The Bertz CT molecular complexity index is 381. The van der Waals surface area contributed by atoms with Crippen molar-refractivity contribution in [1.29, 1.82) is 0 Å². The first-order valence-electron chi connectivity index (χ1n) is 5.06. The Morgan fingerprint density at radius 1 is 1.41 bits per heavy atom.